The molecule has 0 radical (unpaired) electrons. The lowest BCUT2D eigenvalue weighted by molar-refractivity contribution is 0.225. The summed E-state index contributed by atoms with van der Waals surface area (Å²) in [6.07, 6.45) is 6.49. The van der Waals surface area contributed by atoms with E-state index in [0.29, 0.717) is 24.3 Å². The molecule has 0 aromatic carbocycles. The second-order valence-electron chi connectivity index (χ2n) is 6.27. The molecule has 1 saturated heterocycles. The Balaban J connectivity index is 1.85. The molecule has 2 heterocycles. The van der Waals surface area contributed by atoms with Crippen molar-refractivity contribution in [1.82, 2.24) is 14.9 Å². The lowest BCUT2D eigenvalue weighted by Crippen LogP contribution is -2.41. The van der Waals surface area contributed by atoms with Gasteiger partial charge in [-0.3, -0.25) is 0 Å². The highest BCUT2D eigenvalue weighted by atomic mass is 32.2. The van der Waals surface area contributed by atoms with Crippen molar-refractivity contribution in [3.63, 3.8) is 0 Å². The van der Waals surface area contributed by atoms with Crippen LogP contribution in [0.3, 0.4) is 0 Å². The van der Waals surface area contributed by atoms with E-state index in [4.69, 9.17) is 4.74 Å². The monoisotopic (exact) mass is 342 g/mol. The van der Waals surface area contributed by atoms with Crippen molar-refractivity contribution in [2.24, 2.45) is 0 Å². The molecule has 0 unspecified atom stereocenters. The molecule has 1 aliphatic rings. The third kappa shape index (κ3) is 6.31. The van der Waals surface area contributed by atoms with Gasteiger partial charge in [0.25, 0.3) is 5.88 Å². The maximum absolute atomic E-state index is 11.2. The molecule has 1 fully saturated rings. The molecule has 23 heavy (non-hydrogen) atoms. The first-order chi connectivity index (χ1) is 10.8. The minimum atomic E-state index is -2.89. The maximum atomic E-state index is 11.2. The first kappa shape index (κ1) is 17.9. The molecule has 0 atom stereocenters. The van der Waals surface area contributed by atoms with Crippen molar-refractivity contribution >= 4 is 15.7 Å². The fourth-order valence-corrected chi connectivity index (χ4v) is 3.11. The van der Waals surface area contributed by atoms with Crippen LogP contribution in [0.1, 0.15) is 26.7 Å². The molecule has 0 spiro atoms. The fourth-order valence-electron chi connectivity index (χ4n) is 2.52. The number of ether oxygens (including phenoxy) is 1. The molecule has 0 bridgehead atoms. The minimum Gasteiger partial charge on any atom is -0.472 e. The number of hydrogen-bond acceptors (Lipinski definition) is 7. The third-order valence-corrected chi connectivity index (χ3v) is 4.64. The molecular formula is C15H26N4O3S. The molecule has 0 aliphatic carbocycles. The Hall–Kier alpha value is -1.41. The van der Waals surface area contributed by atoms with Gasteiger partial charge >= 0.3 is 0 Å². The van der Waals surface area contributed by atoms with E-state index in [1.807, 2.05) is 13.8 Å². The van der Waals surface area contributed by atoms with E-state index in [9.17, 15) is 8.42 Å². The predicted molar refractivity (Wildman–Crippen MR) is 90.6 cm³/mol. The zero-order chi connectivity index (χ0) is 16.9. The molecule has 130 valence electrons. The molecule has 0 amide bonds. The van der Waals surface area contributed by atoms with Crippen LogP contribution < -0.4 is 10.1 Å². The maximum Gasteiger partial charge on any atom is 0.257 e. The number of likely N-dealkylation sites (tertiary alicyclic amines) is 1. The highest BCUT2D eigenvalue weighted by Gasteiger charge is 2.21. The SMILES string of the molecule is CC(C)Oc1nccnc1NC1CCN(CCS(C)(=O)=O)CC1. The summed E-state index contributed by atoms with van der Waals surface area (Å²) in [5.74, 6) is 1.43. The quantitative estimate of drug-likeness (QED) is 0.796. The van der Waals surface area contributed by atoms with Gasteiger partial charge in [-0.25, -0.2) is 18.4 Å². The van der Waals surface area contributed by atoms with Gasteiger partial charge in [0.15, 0.2) is 5.82 Å². The van der Waals surface area contributed by atoms with Crippen LogP contribution in [0.5, 0.6) is 5.88 Å². The van der Waals surface area contributed by atoms with Crippen LogP contribution in [-0.4, -0.2) is 67.1 Å². The van der Waals surface area contributed by atoms with Gasteiger partial charge in [-0.05, 0) is 26.7 Å². The van der Waals surface area contributed by atoms with Crippen molar-refractivity contribution in [3.8, 4) is 5.88 Å². The van der Waals surface area contributed by atoms with Gasteiger partial charge in [-0.1, -0.05) is 0 Å². The van der Waals surface area contributed by atoms with Gasteiger partial charge in [0, 0.05) is 44.3 Å². The Labute approximate surface area is 138 Å². The molecule has 0 saturated carbocycles. The van der Waals surface area contributed by atoms with Gasteiger partial charge in [0.1, 0.15) is 9.84 Å². The zero-order valence-electron chi connectivity index (χ0n) is 14.0. The summed E-state index contributed by atoms with van der Waals surface area (Å²) in [6.45, 7) is 6.29. The molecule has 1 aromatic heterocycles. The van der Waals surface area contributed by atoms with Crippen LogP contribution in [0.15, 0.2) is 12.4 Å². The van der Waals surface area contributed by atoms with E-state index >= 15 is 0 Å². The average Bonchev–Trinajstić information content (AvgIpc) is 2.47. The Morgan fingerprint density at radius 3 is 2.57 bits per heavy atom. The predicted octanol–water partition coefficient (Wildman–Crippen LogP) is 1.18. The summed E-state index contributed by atoms with van der Waals surface area (Å²) in [5, 5.41) is 3.40. The normalized spacial score (nSPS) is 17.4. The van der Waals surface area contributed by atoms with Gasteiger partial charge in [-0.2, -0.15) is 0 Å². The lowest BCUT2D eigenvalue weighted by atomic mass is 10.1. The Morgan fingerprint density at radius 1 is 1.30 bits per heavy atom. The largest absolute Gasteiger partial charge is 0.472 e. The van der Waals surface area contributed by atoms with Crippen LogP contribution in [0.4, 0.5) is 5.82 Å². The Morgan fingerprint density at radius 2 is 1.96 bits per heavy atom. The fraction of sp³-hybridized carbons (Fsp3) is 0.733. The van der Waals surface area contributed by atoms with Gasteiger partial charge in [-0.15, -0.1) is 0 Å². The number of nitrogens with zero attached hydrogens (tertiary/aromatic N) is 3. The summed E-state index contributed by atoms with van der Waals surface area (Å²) in [4.78, 5) is 10.7. The number of nitrogens with one attached hydrogen (secondary N) is 1. The Bertz CT molecular complexity index is 598. The van der Waals surface area contributed by atoms with Gasteiger partial charge in [0.2, 0.25) is 0 Å². The van der Waals surface area contributed by atoms with Crippen molar-refractivity contribution < 1.29 is 13.2 Å². The highest BCUT2D eigenvalue weighted by molar-refractivity contribution is 7.90. The number of hydrogen-bond donors (Lipinski definition) is 1. The number of piperidine rings is 1. The van der Waals surface area contributed by atoms with Crippen LogP contribution >= 0.6 is 0 Å². The standard InChI is InChI=1S/C15H26N4O3S/c1-12(2)22-15-14(16-6-7-17-15)18-13-4-8-19(9-5-13)10-11-23(3,20)21/h6-7,12-13H,4-5,8-11H2,1-3H3,(H,16,18). The molecular weight excluding hydrogens is 316 g/mol. The number of sulfone groups is 1. The molecule has 7 nitrogen and oxygen atoms in total. The van der Waals surface area contributed by atoms with E-state index in [-0.39, 0.29) is 11.9 Å². The number of rotatable bonds is 7. The van der Waals surface area contributed by atoms with E-state index in [2.05, 4.69) is 20.2 Å². The van der Waals surface area contributed by atoms with Crippen LogP contribution in [-0.2, 0) is 9.84 Å². The van der Waals surface area contributed by atoms with E-state index in [1.54, 1.807) is 12.4 Å². The summed E-state index contributed by atoms with van der Waals surface area (Å²) >= 11 is 0. The first-order valence-electron chi connectivity index (χ1n) is 7.98. The van der Waals surface area contributed by atoms with Gasteiger partial charge in [0.05, 0.1) is 11.9 Å². The number of anilines is 1. The highest BCUT2D eigenvalue weighted by Crippen LogP contribution is 2.22. The topological polar surface area (TPSA) is 84.4 Å². The average molecular weight is 342 g/mol. The second-order valence-corrected chi connectivity index (χ2v) is 8.53. The summed E-state index contributed by atoms with van der Waals surface area (Å²) in [7, 11) is -2.89. The third-order valence-electron chi connectivity index (χ3n) is 3.72. The zero-order valence-corrected chi connectivity index (χ0v) is 14.8. The lowest BCUT2D eigenvalue weighted by Gasteiger charge is -2.32. The molecule has 8 heteroatoms. The second kappa shape index (κ2) is 7.92. The summed E-state index contributed by atoms with van der Waals surface area (Å²) in [6, 6.07) is 0.302. The smallest absolute Gasteiger partial charge is 0.257 e. The van der Waals surface area contributed by atoms with E-state index < -0.39 is 9.84 Å². The first-order valence-corrected chi connectivity index (χ1v) is 10.0. The summed E-state index contributed by atoms with van der Waals surface area (Å²) < 4.78 is 28.1. The van der Waals surface area contributed by atoms with Crippen molar-refractivity contribution in [1.29, 1.82) is 0 Å². The molecule has 1 aromatic rings. The van der Waals surface area contributed by atoms with Crippen LogP contribution in [0, 0.1) is 0 Å². The molecule has 1 N–H and O–H groups in total. The van der Waals surface area contributed by atoms with Crippen molar-refractivity contribution in [3.05, 3.63) is 12.4 Å². The number of aromatic nitrogens is 2. The van der Waals surface area contributed by atoms with Crippen molar-refractivity contribution in [2.75, 3.05) is 37.0 Å². The molecule has 2 rings (SSSR count). The van der Waals surface area contributed by atoms with Gasteiger partial charge < -0.3 is 15.0 Å². The van der Waals surface area contributed by atoms with Crippen LogP contribution in [0.2, 0.25) is 0 Å². The Kier molecular flexibility index (Phi) is 6.17. The van der Waals surface area contributed by atoms with E-state index in [1.165, 1.54) is 6.26 Å². The summed E-state index contributed by atoms with van der Waals surface area (Å²) in [5.41, 5.74) is 0. The van der Waals surface area contributed by atoms with Crippen molar-refractivity contribution in [2.45, 2.75) is 38.8 Å². The minimum absolute atomic E-state index is 0.0464. The van der Waals surface area contributed by atoms with E-state index in [0.717, 1.165) is 25.9 Å². The molecule has 1 aliphatic heterocycles. The van der Waals surface area contributed by atoms with Crippen LogP contribution in [0.25, 0.3) is 0 Å².